The largest absolute Gasteiger partial charge is 0.497 e. The number of methoxy groups -OCH3 is 1. The van der Waals surface area contributed by atoms with Gasteiger partial charge < -0.3 is 14.8 Å². The molecule has 3 aromatic carbocycles. The smallest absolute Gasteiger partial charge is 0.265 e. The molecule has 0 spiro atoms. The lowest BCUT2D eigenvalue weighted by atomic mass is 10.1. The minimum atomic E-state index is -0.562. The Balaban J connectivity index is 1.64. The summed E-state index contributed by atoms with van der Waals surface area (Å²) >= 11 is 0. The third-order valence-corrected chi connectivity index (χ3v) is 4.45. The van der Waals surface area contributed by atoms with Crippen molar-refractivity contribution in [2.24, 2.45) is 0 Å². The zero-order valence-corrected chi connectivity index (χ0v) is 16.0. The van der Waals surface area contributed by atoms with E-state index in [4.69, 9.17) is 9.47 Å². The molecule has 1 unspecified atom stereocenters. The number of carbonyl (C=O) groups is 1. The van der Waals surface area contributed by atoms with Gasteiger partial charge in [0.1, 0.15) is 11.5 Å². The first-order valence-electron chi connectivity index (χ1n) is 9.45. The molecule has 0 aliphatic rings. The number of carbonyl (C=O) groups excluding carboxylic acids is 1. The second-order valence-electron chi connectivity index (χ2n) is 6.52. The van der Waals surface area contributed by atoms with E-state index in [1.54, 1.807) is 7.11 Å². The molecule has 0 radical (unpaired) electrons. The molecule has 0 bridgehead atoms. The number of para-hydroxylation sites is 1. The second kappa shape index (κ2) is 10.2. The SMILES string of the molecule is COc1ccc(NC(=O)C(CCCc2ccccc2)Oc2ccccc2)cc1. The molecule has 0 fully saturated rings. The van der Waals surface area contributed by atoms with Crippen LogP contribution in [0.2, 0.25) is 0 Å². The molecule has 3 rings (SSSR count). The maximum atomic E-state index is 12.8. The molecule has 0 saturated heterocycles. The number of amides is 1. The van der Waals surface area contributed by atoms with Gasteiger partial charge in [-0.15, -0.1) is 0 Å². The van der Waals surface area contributed by atoms with E-state index in [1.165, 1.54) is 5.56 Å². The highest BCUT2D eigenvalue weighted by Gasteiger charge is 2.20. The third kappa shape index (κ3) is 5.88. The molecule has 1 N–H and O–H groups in total. The first-order valence-corrected chi connectivity index (χ1v) is 9.45. The van der Waals surface area contributed by atoms with Gasteiger partial charge in [-0.05, 0) is 61.2 Å². The average molecular weight is 375 g/mol. The van der Waals surface area contributed by atoms with Crippen LogP contribution in [0.3, 0.4) is 0 Å². The van der Waals surface area contributed by atoms with Crippen molar-refractivity contribution in [2.45, 2.75) is 25.4 Å². The maximum absolute atomic E-state index is 12.8. The Bertz CT molecular complexity index is 848. The maximum Gasteiger partial charge on any atom is 0.265 e. The fraction of sp³-hybridized carbons (Fsp3) is 0.208. The fourth-order valence-electron chi connectivity index (χ4n) is 2.94. The number of rotatable bonds is 9. The van der Waals surface area contributed by atoms with Crippen molar-refractivity contribution in [3.8, 4) is 11.5 Å². The van der Waals surface area contributed by atoms with Crippen LogP contribution in [-0.2, 0) is 11.2 Å². The summed E-state index contributed by atoms with van der Waals surface area (Å²) in [6.45, 7) is 0. The van der Waals surface area contributed by atoms with E-state index in [0.29, 0.717) is 12.2 Å². The Morgan fingerprint density at radius 1 is 0.857 bits per heavy atom. The van der Waals surface area contributed by atoms with Gasteiger partial charge in [0, 0.05) is 5.69 Å². The standard InChI is InChI=1S/C24H25NO3/c1-27-21-17-15-20(16-18-21)25-24(26)23(28-22-12-6-3-7-13-22)14-8-11-19-9-4-2-5-10-19/h2-7,9-10,12-13,15-18,23H,8,11,14H2,1H3,(H,25,26). The summed E-state index contributed by atoms with van der Waals surface area (Å²) in [6.07, 6.45) is 1.84. The van der Waals surface area contributed by atoms with E-state index >= 15 is 0 Å². The molecule has 0 aliphatic heterocycles. The van der Waals surface area contributed by atoms with Crippen LogP contribution in [0.4, 0.5) is 5.69 Å². The van der Waals surface area contributed by atoms with Crippen molar-refractivity contribution in [3.63, 3.8) is 0 Å². The number of nitrogens with one attached hydrogen (secondary N) is 1. The zero-order valence-electron chi connectivity index (χ0n) is 16.0. The molecule has 28 heavy (non-hydrogen) atoms. The van der Waals surface area contributed by atoms with Crippen LogP contribution < -0.4 is 14.8 Å². The first kappa shape index (κ1) is 19.5. The molecule has 0 saturated carbocycles. The van der Waals surface area contributed by atoms with Gasteiger partial charge in [-0.3, -0.25) is 4.79 Å². The van der Waals surface area contributed by atoms with Gasteiger partial charge in [-0.1, -0.05) is 48.5 Å². The minimum Gasteiger partial charge on any atom is -0.497 e. The van der Waals surface area contributed by atoms with Crippen LogP contribution in [-0.4, -0.2) is 19.1 Å². The van der Waals surface area contributed by atoms with Crippen LogP contribution in [0, 0.1) is 0 Å². The predicted molar refractivity (Wildman–Crippen MR) is 112 cm³/mol. The molecule has 1 amide bonds. The van der Waals surface area contributed by atoms with Gasteiger partial charge in [0.2, 0.25) is 0 Å². The van der Waals surface area contributed by atoms with Crippen LogP contribution in [0.5, 0.6) is 11.5 Å². The van der Waals surface area contributed by atoms with Gasteiger partial charge in [0.15, 0.2) is 6.10 Å². The number of aryl methyl sites for hydroxylation is 1. The monoisotopic (exact) mass is 375 g/mol. The number of hydrogen-bond acceptors (Lipinski definition) is 3. The number of hydrogen-bond donors (Lipinski definition) is 1. The van der Waals surface area contributed by atoms with Crippen LogP contribution in [0.25, 0.3) is 0 Å². The Morgan fingerprint density at radius 2 is 1.50 bits per heavy atom. The van der Waals surface area contributed by atoms with Gasteiger partial charge in [-0.25, -0.2) is 0 Å². The number of anilines is 1. The highest BCUT2D eigenvalue weighted by Crippen LogP contribution is 2.19. The van der Waals surface area contributed by atoms with Gasteiger partial charge >= 0.3 is 0 Å². The molecule has 3 aromatic rings. The fourth-order valence-corrected chi connectivity index (χ4v) is 2.94. The summed E-state index contributed by atoms with van der Waals surface area (Å²) < 4.78 is 11.2. The van der Waals surface area contributed by atoms with Crippen molar-refractivity contribution in [2.75, 3.05) is 12.4 Å². The Kier molecular flexibility index (Phi) is 7.08. The lowest BCUT2D eigenvalue weighted by Gasteiger charge is -2.19. The quantitative estimate of drug-likeness (QED) is 0.566. The second-order valence-corrected chi connectivity index (χ2v) is 6.52. The van der Waals surface area contributed by atoms with Crippen molar-refractivity contribution >= 4 is 11.6 Å². The first-order chi connectivity index (χ1) is 13.7. The Morgan fingerprint density at radius 3 is 2.14 bits per heavy atom. The summed E-state index contributed by atoms with van der Waals surface area (Å²) in [5, 5.41) is 2.94. The summed E-state index contributed by atoms with van der Waals surface area (Å²) in [7, 11) is 1.62. The lowest BCUT2D eigenvalue weighted by molar-refractivity contribution is -0.123. The zero-order chi connectivity index (χ0) is 19.6. The lowest BCUT2D eigenvalue weighted by Crippen LogP contribution is -2.33. The van der Waals surface area contributed by atoms with E-state index in [1.807, 2.05) is 72.8 Å². The third-order valence-electron chi connectivity index (χ3n) is 4.45. The van der Waals surface area contributed by atoms with E-state index in [2.05, 4.69) is 17.4 Å². The molecule has 4 heteroatoms. The van der Waals surface area contributed by atoms with Crippen LogP contribution in [0.1, 0.15) is 18.4 Å². The highest BCUT2D eigenvalue weighted by atomic mass is 16.5. The summed E-state index contributed by atoms with van der Waals surface area (Å²) in [5.74, 6) is 1.29. The van der Waals surface area contributed by atoms with Crippen molar-refractivity contribution in [3.05, 3.63) is 90.5 Å². The van der Waals surface area contributed by atoms with Crippen molar-refractivity contribution in [1.82, 2.24) is 0 Å². The molecule has 1 atom stereocenters. The Hall–Kier alpha value is -3.27. The van der Waals surface area contributed by atoms with Crippen molar-refractivity contribution in [1.29, 1.82) is 0 Å². The topological polar surface area (TPSA) is 47.6 Å². The van der Waals surface area contributed by atoms with E-state index in [0.717, 1.165) is 24.3 Å². The highest BCUT2D eigenvalue weighted by molar-refractivity contribution is 5.94. The molecule has 0 aromatic heterocycles. The normalized spacial score (nSPS) is 11.5. The predicted octanol–water partition coefficient (Wildman–Crippen LogP) is 5.10. The van der Waals surface area contributed by atoms with E-state index in [-0.39, 0.29) is 5.91 Å². The van der Waals surface area contributed by atoms with Crippen LogP contribution >= 0.6 is 0 Å². The number of ether oxygens (including phenoxy) is 2. The Labute approximate surface area is 166 Å². The summed E-state index contributed by atoms with van der Waals surface area (Å²) in [4.78, 5) is 12.8. The summed E-state index contributed by atoms with van der Waals surface area (Å²) in [5.41, 5.74) is 1.98. The molecule has 144 valence electrons. The van der Waals surface area contributed by atoms with E-state index in [9.17, 15) is 4.79 Å². The van der Waals surface area contributed by atoms with Gasteiger partial charge in [0.25, 0.3) is 5.91 Å². The van der Waals surface area contributed by atoms with Gasteiger partial charge in [-0.2, -0.15) is 0 Å². The minimum absolute atomic E-state index is 0.151. The van der Waals surface area contributed by atoms with E-state index < -0.39 is 6.10 Å². The van der Waals surface area contributed by atoms with Crippen molar-refractivity contribution < 1.29 is 14.3 Å². The van der Waals surface area contributed by atoms with Crippen LogP contribution in [0.15, 0.2) is 84.9 Å². The summed E-state index contributed by atoms with van der Waals surface area (Å²) in [6, 6.07) is 27.0. The average Bonchev–Trinajstić information content (AvgIpc) is 2.75. The molecular weight excluding hydrogens is 350 g/mol. The molecule has 4 nitrogen and oxygen atoms in total. The molecule has 0 heterocycles. The molecular formula is C24H25NO3. The molecule has 0 aliphatic carbocycles. The van der Waals surface area contributed by atoms with Gasteiger partial charge in [0.05, 0.1) is 7.11 Å². The number of benzene rings is 3.